The number of amides is 1. The zero-order valence-electron chi connectivity index (χ0n) is 21.2. The lowest BCUT2D eigenvalue weighted by Gasteiger charge is -2.35. The van der Waals surface area contributed by atoms with Crippen LogP contribution in [0.3, 0.4) is 0 Å². The van der Waals surface area contributed by atoms with E-state index < -0.39 is 30.8 Å². The van der Waals surface area contributed by atoms with Crippen molar-refractivity contribution in [1.29, 1.82) is 0 Å². The van der Waals surface area contributed by atoms with Crippen LogP contribution in [-0.2, 0) is 11.3 Å². The number of anilines is 2. The highest BCUT2D eigenvalue weighted by Crippen LogP contribution is 2.36. The molecule has 0 spiro atoms. The van der Waals surface area contributed by atoms with Crippen LogP contribution in [0.5, 0.6) is 0 Å². The number of carbonyl (C=O) groups excluding carboxylic acids is 1. The number of nitrogens with zero attached hydrogens (tertiary/aromatic N) is 1. The van der Waals surface area contributed by atoms with Crippen LogP contribution in [0.25, 0.3) is 5.70 Å². The Morgan fingerprint density at radius 3 is 2.22 bits per heavy atom. The number of carbonyl (C=O) groups is 1. The van der Waals surface area contributed by atoms with Crippen LogP contribution in [0.15, 0.2) is 79.4 Å². The molecule has 1 amide bonds. The fourth-order valence-corrected chi connectivity index (χ4v) is 3.95. The van der Waals surface area contributed by atoms with Gasteiger partial charge in [0.05, 0.1) is 23.8 Å². The first kappa shape index (κ1) is 27.6. The SMILES string of the molecule is C=C(Nc1ccccc1N)c1ccc([C@@H](CC(F)(F)F)N(C(=O)OCc2ccc(C)cc2)C(C)C)cc1. The third kappa shape index (κ3) is 7.77. The van der Waals surface area contributed by atoms with Gasteiger partial charge in [-0.25, -0.2) is 4.79 Å². The molecule has 37 heavy (non-hydrogen) atoms. The first-order valence-electron chi connectivity index (χ1n) is 11.9. The molecule has 3 aromatic rings. The Morgan fingerprint density at radius 1 is 1.03 bits per heavy atom. The Balaban J connectivity index is 1.82. The molecule has 0 aliphatic carbocycles. The third-order valence-electron chi connectivity index (χ3n) is 5.90. The Morgan fingerprint density at radius 2 is 1.65 bits per heavy atom. The maximum absolute atomic E-state index is 13.6. The monoisotopic (exact) mass is 511 g/mol. The van der Waals surface area contributed by atoms with E-state index in [9.17, 15) is 18.0 Å². The van der Waals surface area contributed by atoms with Crippen molar-refractivity contribution in [3.05, 3.63) is 102 Å². The summed E-state index contributed by atoms with van der Waals surface area (Å²) in [4.78, 5) is 14.2. The topological polar surface area (TPSA) is 67.6 Å². The fourth-order valence-electron chi connectivity index (χ4n) is 3.95. The van der Waals surface area contributed by atoms with Crippen LogP contribution in [0.1, 0.15) is 48.6 Å². The van der Waals surface area contributed by atoms with Gasteiger partial charge >= 0.3 is 12.3 Å². The highest BCUT2D eigenvalue weighted by molar-refractivity contribution is 5.81. The lowest BCUT2D eigenvalue weighted by atomic mass is 9.98. The normalized spacial score (nSPS) is 12.2. The van der Waals surface area contributed by atoms with Gasteiger partial charge in [-0.15, -0.1) is 0 Å². The van der Waals surface area contributed by atoms with Crippen LogP contribution in [0.2, 0.25) is 0 Å². The molecular formula is C29H32F3N3O2. The first-order valence-corrected chi connectivity index (χ1v) is 11.9. The number of nitrogens with two attached hydrogens (primary N) is 1. The number of alkyl halides is 3. The molecule has 0 aliphatic rings. The van der Waals surface area contributed by atoms with Crippen molar-refractivity contribution < 1.29 is 22.7 Å². The van der Waals surface area contributed by atoms with Gasteiger partial charge in [-0.05, 0) is 49.6 Å². The predicted molar refractivity (Wildman–Crippen MR) is 142 cm³/mol. The largest absolute Gasteiger partial charge is 0.445 e. The van der Waals surface area contributed by atoms with Crippen molar-refractivity contribution in [2.24, 2.45) is 0 Å². The van der Waals surface area contributed by atoms with E-state index in [2.05, 4.69) is 11.9 Å². The van der Waals surface area contributed by atoms with E-state index in [1.807, 2.05) is 43.3 Å². The number of ether oxygens (including phenoxy) is 1. The number of aryl methyl sites for hydroxylation is 1. The minimum Gasteiger partial charge on any atom is -0.445 e. The van der Waals surface area contributed by atoms with Crippen molar-refractivity contribution in [2.45, 2.75) is 52.1 Å². The minimum atomic E-state index is -4.50. The number of rotatable bonds is 9. The molecule has 3 N–H and O–H groups in total. The summed E-state index contributed by atoms with van der Waals surface area (Å²) in [6.45, 7) is 9.25. The van der Waals surface area contributed by atoms with Gasteiger partial charge in [0.1, 0.15) is 6.61 Å². The Labute approximate surface area is 215 Å². The van der Waals surface area contributed by atoms with Gasteiger partial charge in [0.25, 0.3) is 0 Å². The maximum Gasteiger partial charge on any atom is 0.410 e. The van der Waals surface area contributed by atoms with Gasteiger partial charge in [-0.1, -0.05) is 72.8 Å². The van der Waals surface area contributed by atoms with Gasteiger partial charge in [0.15, 0.2) is 0 Å². The molecule has 0 saturated carbocycles. The summed E-state index contributed by atoms with van der Waals surface area (Å²) in [7, 11) is 0. The zero-order valence-corrected chi connectivity index (χ0v) is 21.2. The van der Waals surface area contributed by atoms with Gasteiger partial charge < -0.3 is 15.8 Å². The maximum atomic E-state index is 13.6. The summed E-state index contributed by atoms with van der Waals surface area (Å²) in [6.07, 6.45) is -6.51. The summed E-state index contributed by atoms with van der Waals surface area (Å²) in [6, 6.07) is 19.3. The summed E-state index contributed by atoms with van der Waals surface area (Å²) >= 11 is 0. The average molecular weight is 512 g/mol. The quantitative estimate of drug-likeness (QED) is 0.289. The second-order valence-corrected chi connectivity index (χ2v) is 9.19. The van der Waals surface area contributed by atoms with Gasteiger partial charge in [0, 0.05) is 11.7 Å². The molecule has 0 saturated heterocycles. The third-order valence-corrected chi connectivity index (χ3v) is 5.90. The van der Waals surface area contributed by atoms with E-state index in [4.69, 9.17) is 10.5 Å². The summed E-state index contributed by atoms with van der Waals surface area (Å²) in [5.41, 5.74) is 10.5. The molecule has 0 radical (unpaired) electrons. The van der Waals surface area contributed by atoms with Crippen molar-refractivity contribution in [3.63, 3.8) is 0 Å². The first-order chi connectivity index (χ1) is 17.4. The molecule has 0 heterocycles. The second-order valence-electron chi connectivity index (χ2n) is 9.19. The number of nitrogen functional groups attached to an aromatic ring is 1. The minimum absolute atomic E-state index is 0.0336. The van der Waals surface area contributed by atoms with Gasteiger partial charge in [-0.3, -0.25) is 4.90 Å². The van der Waals surface area contributed by atoms with Crippen molar-refractivity contribution in [3.8, 4) is 0 Å². The van der Waals surface area contributed by atoms with Crippen LogP contribution in [0.4, 0.5) is 29.3 Å². The smallest absolute Gasteiger partial charge is 0.410 e. The molecule has 0 aliphatic heterocycles. The van der Waals surface area contributed by atoms with Crippen molar-refractivity contribution in [1.82, 2.24) is 4.90 Å². The summed E-state index contributed by atoms with van der Waals surface area (Å²) in [5.74, 6) is 0. The lowest BCUT2D eigenvalue weighted by molar-refractivity contribution is -0.148. The molecule has 5 nitrogen and oxygen atoms in total. The van der Waals surface area contributed by atoms with Crippen LogP contribution in [0, 0.1) is 6.92 Å². The molecule has 1 atom stereocenters. The molecule has 0 unspecified atom stereocenters. The van der Waals surface area contributed by atoms with Crippen molar-refractivity contribution >= 4 is 23.2 Å². The standard InChI is InChI=1S/C29H32F3N3O2/c1-19(2)35(28(36)37-18-22-11-9-20(3)10-12-22)27(17-29(30,31)32)24-15-13-23(14-16-24)21(4)34-26-8-6-5-7-25(26)33/h5-16,19,27,34H,4,17-18,33H2,1-3H3/t27-/m1/s1. The molecule has 0 aromatic heterocycles. The van der Waals surface area contributed by atoms with Gasteiger partial charge in [0.2, 0.25) is 0 Å². The lowest BCUT2D eigenvalue weighted by Crippen LogP contribution is -2.42. The van der Waals surface area contributed by atoms with E-state index in [0.717, 1.165) is 16.0 Å². The highest BCUT2D eigenvalue weighted by Gasteiger charge is 2.39. The Kier molecular flexibility index (Phi) is 8.86. The Bertz CT molecular complexity index is 1210. The number of hydrogen-bond donors (Lipinski definition) is 2. The number of benzene rings is 3. The van der Waals surface area contributed by atoms with E-state index in [0.29, 0.717) is 28.2 Å². The summed E-state index contributed by atoms with van der Waals surface area (Å²) in [5, 5.41) is 3.12. The van der Waals surface area contributed by atoms with Crippen LogP contribution >= 0.6 is 0 Å². The van der Waals surface area contributed by atoms with Crippen molar-refractivity contribution in [2.75, 3.05) is 11.1 Å². The average Bonchev–Trinajstić information content (AvgIpc) is 2.84. The number of para-hydroxylation sites is 2. The van der Waals surface area contributed by atoms with E-state index >= 15 is 0 Å². The molecule has 8 heteroatoms. The number of nitrogens with one attached hydrogen (secondary N) is 1. The number of hydrogen-bond acceptors (Lipinski definition) is 4. The Hall–Kier alpha value is -3.94. The molecule has 3 rings (SSSR count). The van der Waals surface area contributed by atoms with E-state index in [1.165, 1.54) is 0 Å². The van der Waals surface area contributed by atoms with Crippen LogP contribution in [-0.4, -0.2) is 23.2 Å². The fraction of sp³-hybridized carbons (Fsp3) is 0.276. The molecule has 196 valence electrons. The second kappa shape index (κ2) is 11.9. The number of halogens is 3. The molecule has 0 fully saturated rings. The highest BCUT2D eigenvalue weighted by atomic mass is 19.4. The van der Waals surface area contributed by atoms with Crippen LogP contribution < -0.4 is 11.1 Å². The van der Waals surface area contributed by atoms with E-state index in [1.54, 1.807) is 50.2 Å². The molecule has 3 aromatic carbocycles. The molecule has 0 bridgehead atoms. The van der Waals surface area contributed by atoms with E-state index in [-0.39, 0.29) is 6.61 Å². The zero-order chi connectivity index (χ0) is 27.2. The van der Waals surface area contributed by atoms with Gasteiger partial charge in [-0.2, -0.15) is 13.2 Å². The summed E-state index contributed by atoms with van der Waals surface area (Å²) < 4.78 is 46.4. The molecular weight excluding hydrogens is 479 g/mol. The predicted octanol–water partition coefficient (Wildman–Crippen LogP) is 7.70.